The molecule has 1 aromatic heterocycles. The van der Waals surface area contributed by atoms with E-state index in [0.29, 0.717) is 6.54 Å². The fourth-order valence-corrected chi connectivity index (χ4v) is 2.50. The van der Waals surface area contributed by atoms with E-state index in [2.05, 4.69) is 10.3 Å². The predicted molar refractivity (Wildman–Crippen MR) is 65.3 cm³/mol. The lowest BCUT2D eigenvalue weighted by molar-refractivity contribution is -0.137. The molecule has 0 bridgehead atoms. The SMILES string of the molecule is CNCc1cnc(-c2cc(C(F)(F)F)ccc2F)s1. The molecule has 2 nitrogen and oxygen atoms in total. The minimum absolute atomic E-state index is 0.123. The maximum atomic E-state index is 13.6. The molecule has 0 aliphatic rings. The third-order valence-corrected chi connectivity index (χ3v) is 3.46. The van der Waals surface area contributed by atoms with E-state index >= 15 is 0 Å². The highest BCUT2D eigenvalue weighted by atomic mass is 32.1. The normalized spacial score (nSPS) is 11.8. The molecule has 0 spiro atoms. The monoisotopic (exact) mass is 290 g/mol. The molecule has 19 heavy (non-hydrogen) atoms. The summed E-state index contributed by atoms with van der Waals surface area (Å²) in [5.41, 5.74) is -1.00. The molecular formula is C12H10F4N2S. The van der Waals surface area contributed by atoms with Gasteiger partial charge in [-0.05, 0) is 25.2 Å². The summed E-state index contributed by atoms with van der Waals surface area (Å²) >= 11 is 1.16. The molecule has 102 valence electrons. The van der Waals surface area contributed by atoms with E-state index in [1.807, 2.05) is 0 Å². The van der Waals surface area contributed by atoms with Gasteiger partial charge in [0, 0.05) is 23.2 Å². The summed E-state index contributed by atoms with van der Waals surface area (Å²) in [5, 5.41) is 3.14. The molecule has 0 aliphatic heterocycles. The van der Waals surface area contributed by atoms with Gasteiger partial charge < -0.3 is 5.32 Å². The van der Waals surface area contributed by atoms with Crippen LogP contribution < -0.4 is 5.32 Å². The molecular weight excluding hydrogens is 280 g/mol. The standard InChI is InChI=1S/C12H10F4N2S/c1-17-5-8-6-18-11(19-8)9-4-7(12(14,15)16)2-3-10(9)13/h2-4,6,17H,5H2,1H3. The molecule has 0 saturated heterocycles. The lowest BCUT2D eigenvalue weighted by atomic mass is 10.1. The van der Waals surface area contributed by atoms with Gasteiger partial charge in [0.25, 0.3) is 0 Å². The first-order valence-corrected chi connectivity index (χ1v) is 6.20. The average Bonchev–Trinajstić information content (AvgIpc) is 2.77. The van der Waals surface area contributed by atoms with Crippen LogP contribution in [-0.4, -0.2) is 12.0 Å². The highest BCUT2D eigenvalue weighted by Gasteiger charge is 2.31. The van der Waals surface area contributed by atoms with Crippen molar-refractivity contribution < 1.29 is 17.6 Å². The van der Waals surface area contributed by atoms with E-state index in [-0.39, 0.29) is 10.6 Å². The summed E-state index contributed by atoms with van der Waals surface area (Å²) in [7, 11) is 1.74. The summed E-state index contributed by atoms with van der Waals surface area (Å²) in [6, 6.07) is 2.33. The number of hydrogen-bond acceptors (Lipinski definition) is 3. The molecule has 7 heteroatoms. The van der Waals surface area contributed by atoms with Gasteiger partial charge >= 0.3 is 6.18 Å². The van der Waals surface area contributed by atoms with Crippen molar-refractivity contribution in [3.63, 3.8) is 0 Å². The summed E-state index contributed by atoms with van der Waals surface area (Å²) in [4.78, 5) is 4.79. The smallest absolute Gasteiger partial charge is 0.315 e. The van der Waals surface area contributed by atoms with Crippen LogP contribution in [0.15, 0.2) is 24.4 Å². The van der Waals surface area contributed by atoms with Crippen molar-refractivity contribution in [1.29, 1.82) is 0 Å². The third-order valence-electron chi connectivity index (χ3n) is 2.43. The lowest BCUT2D eigenvalue weighted by Crippen LogP contribution is -2.05. The Kier molecular flexibility index (Phi) is 3.86. The fourth-order valence-electron chi connectivity index (χ4n) is 1.55. The van der Waals surface area contributed by atoms with Crippen LogP contribution in [0.1, 0.15) is 10.4 Å². The molecule has 0 atom stereocenters. The molecule has 0 aliphatic carbocycles. The number of hydrogen-bond donors (Lipinski definition) is 1. The molecule has 0 saturated carbocycles. The summed E-state index contributed by atoms with van der Waals surface area (Å²) in [5.74, 6) is -0.710. The van der Waals surface area contributed by atoms with Crippen LogP contribution in [0, 0.1) is 5.82 Å². The molecule has 2 rings (SSSR count). The Morgan fingerprint density at radius 1 is 1.32 bits per heavy atom. The number of nitrogens with zero attached hydrogens (tertiary/aromatic N) is 1. The van der Waals surface area contributed by atoms with Gasteiger partial charge in [-0.2, -0.15) is 13.2 Å². The van der Waals surface area contributed by atoms with Gasteiger partial charge in [-0.25, -0.2) is 9.37 Å². The van der Waals surface area contributed by atoms with Gasteiger partial charge in [-0.15, -0.1) is 11.3 Å². The first-order valence-electron chi connectivity index (χ1n) is 5.38. The molecule has 0 radical (unpaired) electrons. The van der Waals surface area contributed by atoms with Crippen LogP contribution in [0.25, 0.3) is 10.6 Å². The van der Waals surface area contributed by atoms with E-state index in [1.165, 1.54) is 6.20 Å². The zero-order valence-corrected chi connectivity index (χ0v) is 10.7. The summed E-state index contributed by atoms with van der Waals surface area (Å²) in [6.45, 7) is 0.540. The molecule has 0 fully saturated rings. The quantitative estimate of drug-likeness (QED) is 0.872. The Balaban J connectivity index is 2.42. The number of alkyl halides is 3. The lowest BCUT2D eigenvalue weighted by Gasteiger charge is -2.08. The van der Waals surface area contributed by atoms with Gasteiger partial charge in [0.2, 0.25) is 0 Å². The molecule has 2 aromatic rings. The van der Waals surface area contributed by atoms with Gasteiger partial charge in [-0.1, -0.05) is 0 Å². The second kappa shape index (κ2) is 5.26. The Morgan fingerprint density at radius 2 is 2.05 bits per heavy atom. The number of thiazole rings is 1. The second-order valence-corrected chi connectivity index (χ2v) is 4.97. The molecule has 1 aromatic carbocycles. The van der Waals surface area contributed by atoms with Crippen molar-refractivity contribution in [2.24, 2.45) is 0 Å². The van der Waals surface area contributed by atoms with Gasteiger partial charge in [-0.3, -0.25) is 0 Å². The van der Waals surface area contributed by atoms with Crippen LogP contribution in [-0.2, 0) is 12.7 Å². The Hall–Kier alpha value is -1.47. The van der Waals surface area contributed by atoms with E-state index in [9.17, 15) is 17.6 Å². The molecule has 1 heterocycles. The first-order chi connectivity index (χ1) is 8.91. The largest absolute Gasteiger partial charge is 0.416 e. The van der Waals surface area contributed by atoms with E-state index < -0.39 is 17.6 Å². The fraction of sp³-hybridized carbons (Fsp3) is 0.250. The van der Waals surface area contributed by atoms with Gasteiger partial charge in [0.05, 0.1) is 5.56 Å². The summed E-state index contributed by atoms with van der Waals surface area (Å²) < 4.78 is 51.4. The minimum atomic E-state index is -4.49. The number of aromatic nitrogens is 1. The number of nitrogens with one attached hydrogen (secondary N) is 1. The zero-order chi connectivity index (χ0) is 14.0. The van der Waals surface area contributed by atoms with Gasteiger partial charge in [0.15, 0.2) is 0 Å². The number of halogens is 4. The predicted octanol–water partition coefficient (Wildman–Crippen LogP) is 3.69. The third kappa shape index (κ3) is 3.10. The van der Waals surface area contributed by atoms with Crippen molar-refractivity contribution in [1.82, 2.24) is 10.3 Å². The average molecular weight is 290 g/mol. The van der Waals surface area contributed by atoms with Crippen molar-refractivity contribution in [3.8, 4) is 10.6 Å². The van der Waals surface area contributed by atoms with E-state index in [0.717, 1.165) is 34.4 Å². The van der Waals surface area contributed by atoms with Crippen molar-refractivity contribution >= 4 is 11.3 Å². The Labute approximate surface area is 111 Å². The highest BCUT2D eigenvalue weighted by Crippen LogP contribution is 2.34. The van der Waals surface area contributed by atoms with E-state index in [4.69, 9.17) is 0 Å². The van der Waals surface area contributed by atoms with Crippen molar-refractivity contribution in [2.45, 2.75) is 12.7 Å². The zero-order valence-electron chi connectivity index (χ0n) is 9.88. The highest BCUT2D eigenvalue weighted by molar-refractivity contribution is 7.15. The maximum absolute atomic E-state index is 13.6. The van der Waals surface area contributed by atoms with Crippen molar-refractivity contribution in [3.05, 3.63) is 40.7 Å². The molecule has 1 N–H and O–H groups in total. The van der Waals surface area contributed by atoms with Crippen LogP contribution in [0.4, 0.5) is 17.6 Å². The van der Waals surface area contributed by atoms with Crippen LogP contribution in [0.5, 0.6) is 0 Å². The minimum Gasteiger partial charge on any atom is -0.315 e. The Bertz CT molecular complexity index is 577. The second-order valence-electron chi connectivity index (χ2n) is 3.85. The number of benzene rings is 1. The topological polar surface area (TPSA) is 24.9 Å². The van der Waals surface area contributed by atoms with Crippen molar-refractivity contribution in [2.75, 3.05) is 7.05 Å². The van der Waals surface area contributed by atoms with Crippen LogP contribution >= 0.6 is 11.3 Å². The van der Waals surface area contributed by atoms with Crippen LogP contribution in [0.3, 0.4) is 0 Å². The first kappa shape index (κ1) is 14.0. The molecule has 0 amide bonds. The van der Waals surface area contributed by atoms with E-state index in [1.54, 1.807) is 7.05 Å². The van der Waals surface area contributed by atoms with Crippen LogP contribution in [0.2, 0.25) is 0 Å². The summed E-state index contributed by atoms with van der Waals surface area (Å²) in [6.07, 6.45) is -2.97. The molecule has 0 unspecified atom stereocenters. The van der Waals surface area contributed by atoms with Gasteiger partial charge in [0.1, 0.15) is 10.8 Å². The number of rotatable bonds is 3. The maximum Gasteiger partial charge on any atom is 0.416 e. The Morgan fingerprint density at radius 3 is 2.68 bits per heavy atom.